The van der Waals surface area contributed by atoms with Crippen LogP contribution in [0.25, 0.3) is 22.3 Å². The van der Waals surface area contributed by atoms with Crippen molar-refractivity contribution < 1.29 is 0 Å². The zero-order chi connectivity index (χ0) is 29.6. The van der Waals surface area contributed by atoms with E-state index in [1.807, 2.05) is 0 Å². The lowest BCUT2D eigenvalue weighted by atomic mass is 9.82. The molecule has 5 aromatic rings. The molecule has 0 radical (unpaired) electrons. The van der Waals surface area contributed by atoms with Gasteiger partial charge in [0.25, 0.3) is 0 Å². The summed E-state index contributed by atoms with van der Waals surface area (Å²) in [5.74, 6) is 0.260. The Bertz CT molecular complexity index is 1670. The van der Waals surface area contributed by atoms with Gasteiger partial charge in [0.15, 0.2) is 0 Å². The second-order valence-corrected chi connectivity index (χ2v) is 11.6. The van der Waals surface area contributed by atoms with Crippen molar-refractivity contribution in [2.45, 2.75) is 31.6 Å². The van der Waals surface area contributed by atoms with E-state index in [4.69, 9.17) is 0 Å². The molecule has 0 spiro atoms. The van der Waals surface area contributed by atoms with E-state index in [0.29, 0.717) is 0 Å². The molecular weight excluding hydrogens is 530 g/mol. The van der Waals surface area contributed by atoms with Crippen LogP contribution >= 0.6 is 0 Å². The van der Waals surface area contributed by atoms with Crippen LogP contribution in [0.15, 0.2) is 181 Å². The maximum Gasteiger partial charge on any atom is 0.0461 e. The maximum absolute atomic E-state index is 2.40. The molecule has 0 saturated heterocycles. The zero-order valence-corrected chi connectivity index (χ0v) is 25.0. The highest BCUT2D eigenvalue weighted by Gasteiger charge is 2.19. The van der Waals surface area contributed by atoms with Crippen LogP contribution in [0.1, 0.15) is 42.7 Å². The summed E-state index contributed by atoms with van der Waals surface area (Å²) >= 11 is 0. The molecule has 44 heavy (non-hydrogen) atoms. The molecule has 1 heteroatoms. The van der Waals surface area contributed by atoms with Crippen LogP contribution in [0.5, 0.6) is 0 Å². The Morgan fingerprint density at radius 2 is 0.886 bits per heavy atom. The summed E-state index contributed by atoms with van der Waals surface area (Å²) in [6, 6.07) is 48.6. The smallest absolute Gasteiger partial charge is 0.0461 e. The van der Waals surface area contributed by atoms with Gasteiger partial charge in [0.2, 0.25) is 0 Å². The predicted molar refractivity (Wildman–Crippen MR) is 187 cm³/mol. The van der Waals surface area contributed by atoms with E-state index in [-0.39, 0.29) is 5.92 Å². The van der Waals surface area contributed by atoms with E-state index in [2.05, 4.69) is 175 Å². The van der Waals surface area contributed by atoms with Gasteiger partial charge in [-0.25, -0.2) is 0 Å². The third-order valence-corrected chi connectivity index (χ3v) is 8.66. The summed E-state index contributed by atoms with van der Waals surface area (Å²) < 4.78 is 0. The second-order valence-electron chi connectivity index (χ2n) is 11.6. The average Bonchev–Trinajstić information content (AvgIpc) is 3.11. The fourth-order valence-electron chi connectivity index (χ4n) is 6.39. The van der Waals surface area contributed by atoms with Crippen LogP contribution in [-0.4, -0.2) is 0 Å². The van der Waals surface area contributed by atoms with Crippen molar-refractivity contribution in [2.24, 2.45) is 0 Å². The number of rotatable bonds is 8. The summed E-state index contributed by atoms with van der Waals surface area (Å²) in [6.07, 6.45) is 18.3. The van der Waals surface area contributed by atoms with Gasteiger partial charge in [0.05, 0.1) is 0 Å². The molecule has 0 aromatic heterocycles. The summed E-state index contributed by atoms with van der Waals surface area (Å²) in [4.78, 5) is 2.34. The van der Waals surface area contributed by atoms with Crippen molar-refractivity contribution in [1.82, 2.24) is 0 Å². The van der Waals surface area contributed by atoms with Gasteiger partial charge in [0, 0.05) is 23.0 Å². The van der Waals surface area contributed by atoms with Crippen molar-refractivity contribution in [3.63, 3.8) is 0 Å². The molecule has 1 atom stereocenters. The van der Waals surface area contributed by atoms with E-state index < -0.39 is 0 Å². The maximum atomic E-state index is 2.40. The molecule has 214 valence electrons. The highest BCUT2D eigenvalue weighted by Crippen LogP contribution is 2.37. The van der Waals surface area contributed by atoms with Crippen molar-refractivity contribution in [3.8, 4) is 22.3 Å². The number of hydrogen-bond acceptors (Lipinski definition) is 1. The summed E-state index contributed by atoms with van der Waals surface area (Å²) in [7, 11) is 0. The standard InChI is InChI=1S/C43H37N/c1-5-13-37(14-6-1)43(38-15-7-2-8-16-38)39-27-25-35(26-28-39)33-21-23-34(24-22-33)36-29-31-42(32-30-36)44(40-17-9-3-10-18-40)41-19-11-4-12-20-41/h1,3,5-7,9-11,13-32,43H,2,4,8,12H2. The lowest BCUT2D eigenvalue weighted by Crippen LogP contribution is -2.16. The molecular formula is C43H37N. The van der Waals surface area contributed by atoms with E-state index >= 15 is 0 Å². The minimum Gasteiger partial charge on any atom is -0.311 e. The number of hydrogen-bond donors (Lipinski definition) is 0. The number of para-hydroxylation sites is 1. The van der Waals surface area contributed by atoms with Crippen molar-refractivity contribution in [2.75, 3.05) is 4.90 Å². The Labute approximate surface area is 261 Å². The Balaban J connectivity index is 1.11. The number of nitrogens with zero attached hydrogens (tertiary/aromatic N) is 1. The van der Waals surface area contributed by atoms with Crippen LogP contribution in [0.3, 0.4) is 0 Å². The Hall–Kier alpha value is -5.14. The van der Waals surface area contributed by atoms with E-state index in [0.717, 1.165) is 25.7 Å². The molecule has 0 fully saturated rings. The van der Waals surface area contributed by atoms with Crippen LogP contribution in [0.4, 0.5) is 11.4 Å². The van der Waals surface area contributed by atoms with Crippen molar-refractivity contribution >= 4 is 11.4 Å². The van der Waals surface area contributed by atoms with E-state index in [1.54, 1.807) is 0 Å². The first-order valence-corrected chi connectivity index (χ1v) is 15.8. The quantitative estimate of drug-likeness (QED) is 0.180. The van der Waals surface area contributed by atoms with Gasteiger partial charge < -0.3 is 4.90 Å². The van der Waals surface area contributed by atoms with Crippen molar-refractivity contribution in [3.05, 3.63) is 192 Å². The number of benzene rings is 5. The summed E-state index contributed by atoms with van der Waals surface area (Å²) in [6.45, 7) is 0. The van der Waals surface area contributed by atoms with E-state index in [9.17, 15) is 0 Å². The SMILES string of the molecule is C1=CC(C(c2ccccc2)c2ccc(-c3ccc(-c4ccc(N(C5=CCCC=C5)c5ccccc5)cc4)cc3)cc2)=CCC1. The minimum absolute atomic E-state index is 0.260. The van der Waals surface area contributed by atoms with Crippen molar-refractivity contribution in [1.29, 1.82) is 0 Å². The summed E-state index contributed by atoms with van der Waals surface area (Å²) in [5, 5.41) is 0. The first kappa shape index (κ1) is 27.7. The number of allylic oxidation sites excluding steroid dienone is 7. The molecule has 2 aliphatic rings. The molecule has 0 bridgehead atoms. The van der Waals surface area contributed by atoms with Gasteiger partial charge in [-0.2, -0.15) is 0 Å². The topological polar surface area (TPSA) is 3.24 Å². The van der Waals surface area contributed by atoms with Crippen LogP contribution < -0.4 is 4.90 Å². The fourth-order valence-corrected chi connectivity index (χ4v) is 6.39. The third-order valence-electron chi connectivity index (χ3n) is 8.66. The molecule has 7 rings (SSSR count). The minimum atomic E-state index is 0.260. The van der Waals surface area contributed by atoms with E-state index in [1.165, 1.54) is 56.0 Å². The molecule has 0 saturated carbocycles. The lowest BCUT2D eigenvalue weighted by Gasteiger charge is -2.27. The van der Waals surface area contributed by atoms with Gasteiger partial charge in [0.1, 0.15) is 0 Å². The van der Waals surface area contributed by atoms with Gasteiger partial charge in [-0.3, -0.25) is 0 Å². The predicted octanol–water partition coefficient (Wildman–Crippen LogP) is 11.8. The van der Waals surface area contributed by atoms with Gasteiger partial charge in [-0.1, -0.05) is 140 Å². The molecule has 1 unspecified atom stereocenters. The van der Waals surface area contributed by atoms with Gasteiger partial charge >= 0.3 is 0 Å². The highest BCUT2D eigenvalue weighted by atomic mass is 15.1. The average molecular weight is 568 g/mol. The molecule has 5 aromatic carbocycles. The molecule has 1 nitrogen and oxygen atoms in total. The van der Waals surface area contributed by atoms with Crippen LogP contribution in [0, 0.1) is 0 Å². The monoisotopic (exact) mass is 567 g/mol. The largest absolute Gasteiger partial charge is 0.311 e. The Morgan fingerprint density at radius 1 is 0.409 bits per heavy atom. The third kappa shape index (κ3) is 6.00. The Kier molecular flexibility index (Phi) is 8.19. The van der Waals surface area contributed by atoms with Crippen LogP contribution in [0.2, 0.25) is 0 Å². The van der Waals surface area contributed by atoms with Gasteiger partial charge in [-0.05, 0) is 95.0 Å². The first-order valence-electron chi connectivity index (χ1n) is 15.8. The molecule has 0 aliphatic heterocycles. The molecule has 0 heterocycles. The summed E-state index contributed by atoms with van der Waals surface area (Å²) in [5.41, 5.74) is 12.6. The zero-order valence-electron chi connectivity index (χ0n) is 25.0. The second kappa shape index (κ2) is 13.0. The van der Waals surface area contributed by atoms with Gasteiger partial charge in [-0.15, -0.1) is 0 Å². The number of anilines is 2. The Morgan fingerprint density at radius 3 is 1.43 bits per heavy atom. The normalized spacial score (nSPS) is 14.9. The first-order chi connectivity index (χ1) is 21.8. The molecule has 2 aliphatic carbocycles. The molecule has 0 amide bonds. The molecule has 0 N–H and O–H groups in total. The van der Waals surface area contributed by atoms with Crippen LogP contribution in [-0.2, 0) is 0 Å². The fraction of sp³-hybridized carbons (Fsp3) is 0.116. The highest BCUT2D eigenvalue weighted by molar-refractivity contribution is 5.75. The lowest BCUT2D eigenvalue weighted by molar-refractivity contribution is 0.921.